The van der Waals surface area contributed by atoms with Gasteiger partial charge in [-0.3, -0.25) is 9.36 Å². The Labute approximate surface area is 196 Å². The first-order valence-corrected chi connectivity index (χ1v) is 11.8. The number of nitrogens with one attached hydrogen (secondary N) is 1. The van der Waals surface area contributed by atoms with Crippen molar-refractivity contribution in [1.29, 1.82) is 0 Å². The molecule has 3 aromatic rings. The summed E-state index contributed by atoms with van der Waals surface area (Å²) in [6, 6.07) is 11.3. The molecule has 0 aliphatic carbocycles. The van der Waals surface area contributed by atoms with Crippen molar-refractivity contribution >= 4 is 35.0 Å². The minimum absolute atomic E-state index is 0.0848. The van der Waals surface area contributed by atoms with Gasteiger partial charge in [0.2, 0.25) is 5.91 Å². The van der Waals surface area contributed by atoms with Crippen molar-refractivity contribution in [2.75, 3.05) is 24.3 Å². The fourth-order valence-electron chi connectivity index (χ4n) is 3.38. The van der Waals surface area contributed by atoms with Crippen LogP contribution in [0.15, 0.2) is 47.9 Å². The molecule has 7 nitrogen and oxygen atoms in total. The summed E-state index contributed by atoms with van der Waals surface area (Å²) >= 11 is 7.45. The minimum Gasteiger partial charge on any atom is -0.489 e. The van der Waals surface area contributed by atoms with Crippen LogP contribution < -0.4 is 10.1 Å². The van der Waals surface area contributed by atoms with Gasteiger partial charge in [0, 0.05) is 17.3 Å². The van der Waals surface area contributed by atoms with E-state index in [1.54, 1.807) is 24.5 Å². The van der Waals surface area contributed by atoms with Gasteiger partial charge in [0.1, 0.15) is 18.7 Å². The maximum Gasteiger partial charge on any atom is 0.234 e. The third-order valence-electron chi connectivity index (χ3n) is 5.28. The number of thioether (sulfide) groups is 1. The number of aromatic nitrogens is 3. The van der Waals surface area contributed by atoms with Crippen LogP contribution in [0.4, 0.5) is 5.69 Å². The van der Waals surface area contributed by atoms with Crippen molar-refractivity contribution in [3.63, 3.8) is 0 Å². The lowest BCUT2D eigenvalue weighted by Gasteiger charge is -2.15. The Morgan fingerprint density at radius 3 is 2.94 bits per heavy atom. The molecule has 0 spiro atoms. The molecule has 1 fully saturated rings. The number of carbonyl (C=O) groups excluding carboxylic acids is 1. The number of anilines is 1. The van der Waals surface area contributed by atoms with Gasteiger partial charge in [-0.05, 0) is 68.1 Å². The third kappa shape index (κ3) is 5.62. The largest absolute Gasteiger partial charge is 0.489 e. The number of rotatable bonds is 8. The number of hydrogen-bond donors (Lipinski definition) is 1. The van der Waals surface area contributed by atoms with Crippen LogP contribution in [-0.2, 0) is 9.53 Å². The van der Waals surface area contributed by atoms with Gasteiger partial charge in [-0.2, -0.15) is 0 Å². The minimum atomic E-state index is -0.186. The zero-order chi connectivity index (χ0) is 22.5. The molecule has 1 N–H and O–H groups in total. The lowest BCUT2D eigenvalue weighted by molar-refractivity contribution is -0.113. The molecular weight excluding hydrogens is 448 g/mol. The van der Waals surface area contributed by atoms with Crippen LogP contribution in [0.2, 0.25) is 5.02 Å². The second-order valence-electron chi connectivity index (χ2n) is 7.68. The maximum atomic E-state index is 12.7. The number of ether oxygens (including phenoxy) is 2. The molecule has 168 valence electrons. The smallest absolute Gasteiger partial charge is 0.234 e. The highest BCUT2D eigenvalue weighted by molar-refractivity contribution is 7.99. The Bertz CT molecular complexity index is 1100. The van der Waals surface area contributed by atoms with Crippen molar-refractivity contribution in [2.45, 2.75) is 37.9 Å². The lowest BCUT2D eigenvalue weighted by Crippen LogP contribution is -2.19. The molecule has 0 radical (unpaired) electrons. The summed E-state index contributed by atoms with van der Waals surface area (Å²) in [5.74, 6) is 0.553. The molecule has 1 aromatic heterocycles. The van der Waals surface area contributed by atoms with Crippen LogP contribution in [0.3, 0.4) is 0 Å². The molecule has 1 aliphatic heterocycles. The molecule has 2 aromatic carbocycles. The Hall–Kier alpha value is -2.55. The molecule has 1 amide bonds. The summed E-state index contributed by atoms with van der Waals surface area (Å²) in [6.07, 6.45) is 3.76. The van der Waals surface area contributed by atoms with E-state index in [1.807, 2.05) is 10.6 Å². The Kier molecular flexibility index (Phi) is 7.34. The van der Waals surface area contributed by atoms with Crippen molar-refractivity contribution in [3.05, 3.63) is 58.9 Å². The molecule has 0 bridgehead atoms. The van der Waals surface area contributed by atoms with Gasteiger partial charge in [-0.15, -0.1) is 10.2 Å². The Morgan fingerprint density at radius 2 is 2.16 bits per heavy atom. The van der Waals surface area contributed by atoms with Gasteiger partial charge in [-0.1, -0.05) is 29.4 Å². The summed E-state index contributed by atoms with van der Waals surface area (Å²) in [7, 11) is 0. The Balaban J connectivity index is 1.39. The first-order chi connectivity index (χ1) is 15.5. The van der Waals surface area contributed by atoms with E-state index in [2.05, 4.69) is 41.5 Å². The van der Waals surface area contributed by atoms with Gasteiger partial charge < -0.3 is 14.8 Å². The Morgan fingerprint density at radius 1 is 1.28 bits per heavy atom. The first kappa shape index (κ1) is 22.6. The maximum absolute atomic E-state index is 12.7. The molecular formula is C23H25ClN4O3S. The second-order valence-corrected chi connectivity index (χ2v) is 9.05. The molecule has 0 saturated carbocycles. The highest BCUT2D eigenvalue weighted by atomic mass is 35.5. The van der Waals surface area contributed by atoms with Crippen LogP contribution in [0.25, 0.3) is 5.69 Å². The van der Waals surface area contributed by atoms with Gasteiger partial charge in [0.05, 0.1) is 17.5 Å². The highest BCUT2D eigenvalue weighted by Gasteiger charge is 2.18. The van der Waals surface area contributed by atoms with Crippen LogP contribution in [0.5, 0.6) is 5.75 Å². The number of amides is 1. The fourth-order valence-corrected chi connectivity index (χ4v) is 4.28. The number of aryl methyl sites for hydroxylation is 2. The summed E-state index contributed by atoms with van der Waals surface area (Å²) in [5, 5.41) is 12.2. The number of carbonyl (C=O) groups is 1. The van der Waals surface area contributed by atoms with E-state index in [0.717, 1.165) is 25.1 Å². The SMILES string of the molecule is Cc1ccc(-n2cnnc2SCC(=O)Nc2cc(Cl)ccc2OCC2CCCO2)cc1C. The number of halogens is 1. The average molecular weight is 473 g/mol. The molecule has 1 saturated heterocycles. The quantitative estimate of drug-likeness (QED) is 0.473. The second kappa shape index (κ2) is 10.4. The average Bonchev–Trinajstić information content (AvgIpc) is 3.46. The lowest BCUT2D eigenvalue weighted by atomic mass is 10.1. The van der Waals surface area contributed by atoms with E-state index in [9.17, 15) is 4.79 Å². The number of nitrogens with zero attached hydrogens (tertiary/aromatic N) is 3. The molecule has 1 unspecified atom stereocenters. The third-order valence-corrected chi connectivity index (χ3v) is 6.46. The monoisotopic (exact) mass is 472 g/mol. The normalized spacial score (nSPS) is 15.7. The highest BCUT2D eigenvalue weighted by Crippen LogP contribution is 2.29. The standard InChI is InChI=1S/C23H25ClN4O3S/c1-15-5-7-18(10-16(15)2)28-14-25-27-23(28)32-13-22(29)26-20-11-17(24)6-8-21(20)31-12-19-4-3-9-30-19/h5-8,10-11,14,19H,3-4,9,12-13H2,1-2H3,(H,26,29). The van der Waals surface area contributed by atoms with E-state index in [1.165, 1.54) is 22.9 Å². The van der Waals surface area contributed by atoms with Crippen molar-refractivity contribution < 1.29 is 14.3 Å². The van der Waals surface area contributed by atoms with Crippen LogP contribution in [0.1, 0.15) is 24.0 Å². The van der Waals surface area contributed by atoms with Crippen molar-refractivity contribution in [2.24, 2.45) is 0 Å². The van der Waals surface area contributed by atoms with E-state index >= 15 is 0 Å². The van der Waals surface area contributed by atoms with E-state index in [4.69, 9.17) is 21.1 Å². The molecule has 9 heteroatoms. The van der Waals surface area contributed by atoms with Gasteiger partial charge in [0.15, 0.2) is 5.16 Å². The summed E-state index contributed by atoms with van der Waals surface area (Å²) in [6.45, 7) is 5.34. The first-order valence-electron chi connectivity index (χ1n) is 10.4. The number of hydrogen-bond acceptors (Lipinski definition) is 6. The van der Waals surface area contributed by atoms with E-state index in [-0.39, 0.29) is 17.8 Å². The fraction of sp³-hybridized carbons (Fsp3) is 0.348. The topological polar surface area (TPSA) is 78.3 Å². The predicted octanol–water partition coefficient (Wildman–Crippen LogP) is 4.83. The summed E-state index contributed by atoms with van der Waals surface area (Å²) < 4.78 is 13.4. The van der Waals surface area contributed by atoms with E-state index in [0.29, 0.717) is 28.2 Å². The van der Waals surface area contributed by atoms with Gasteiger partial charge in [0.25, 0.3) is 0 Å². The molecule has 2 heterocycles. The van der Waals surface area contributed by atoms with Crippen LogP contribution in [-0.4, -0.2) is 45.7 Å². The zero-order valence-electron chi connectivity index (χ0n) is 18.0. The van der Waals surface area contributed by atoms with Gasteiger partial charge >= 0.3 is 0 Å². The predicted molar refractivity (Wildman–Crippen MR) is 126 cm³/mol. The molecule has 4 rings (SSSR count). The summed E-state index contributed by atoms with van der Waals surface area (Å²) in [4.78, 5) is 12.7. The molecule has 1 atom stereocenters. The van der Waals surface area contributed by atoms with Crippen LogP contribution in [0, 0.1) is 13.8 Å². The van der Waals surface area contributed by atoms with E-state index < -0.39 is 0 Å². The van der Waals surface area contributed by atoms with Crippen molar-refractivity contribution in [1.82, 2.24) is 14.8 Å². The summed E-state index contributed by atoms with van der Waals surface area (Å²) in [5.41, 5.74) is 3.90. The van der Waals surface area contributed by atoms with Crippen molar-refractivity contribution in [3.8, 4) is 11.4 Å². The zero-order valence-corrected chi connectivity index (χ0v) is 19.6. The molecule has 32 heavy (non-hydrogen) atoms. The van der Waals surface area contributed by atoms with Crippen LogP contribution >= 0.6 is 23.4 Å². The number of benzene rings is 2. The molecule has 1 aliphatic rings. The van der Waals surface area contributed by atoms with Gasteiger partial charge in [-0.25, -0.2) is 0 Å².